The second kappa shape index (κ2) is 29.8. The third kappa shape index (κ3) is 16.0. The number of rotatable bonds is 27. The standard InChI is InChI=1S/C56H83N5O17/c1-14-26-75-39-27-37(77-55-48(66)46(64)47(65)50(78-55)54(70)71)24-23-36(39)29-76-56(72)60(11)43(31(5)6)52(68)58-42(30(3)4)53(69)59(10)44(32(7)15-2)40(73-12)28-41(62)61-25-19-22-38(61)49(74-13)33(8)51(67)57-34(9)45(63)35-20-17-16-18-21-35/h1,16-18,20-21,23-24,27,30-34,38,40,42-50,55,63-66H,15,19,22,25-26,28-29H2,2-13H3,(H,57,67)(H,58,68)(H,70,71)/t32?,33-,34-,38+,40-,42+,43+,44+,45-,46+,47+,48-,49-,50+,55?/m1/s1. The highest BCUT2D eigenvalue weighted by Crippen LogP contribution is 2.32. The molecule has 0 saturated carbocycles. The van der Waals surface area contributed by atoms with E-state index in [9.17, 15) is 54.3 Å². The lowest BCUT2D eigenvalue weighted by Gasteiger charge is -2.41. The number of benzene rings is 2. The zero-order valence-corrected chi connectivity index (χ0v) is 46.9. The molecule has 15 atom stereocenters. The molecule has 2 heterocycles. The van der Waals surface area contributed by atoms with Crippen LogP contribution >= 0.6 is 0 Å². The fraction of sp³-hybridized carbons (Fsp3) is 0.643. The second-order valence-electron chi connectivity index (χ2n) is 20.9. The molecule has 2 saturated heterocycles. The van der Waals surface area contributed by atoms with Gasteiger partial charge in [-0.05, 0) is 55.2 Å². The number of hydrogen-bond acceptors (Lipinski definition) is 16. The van der Waals surface area contributed by atoms with Gasteiger partial charge in [-0.3, -0.25) is 24.1 Å². The maximum Gasteiger partial charge on any atom is 0.410 e. The lowest BCUT2D eigenvalue weighted by molar-refractivity contribution is -0.271. The first-order valence-electron chi connectivity index (χ1n) is 26.5. The number of aliphatic hydroxyl groups excluding tert-OH is 4. The van der Waals surface area contributed by atoms with Crippen LogP contribution in [0.2, 0.25) is 0 Å². The molecule has 2 aromatic carbocycles. The summed E-state index contributed by atoms with van der Waals surface area (Å²) in [6, 6.07) is 9.27. The maximum atomic E-state index is 14.7. The molecule has 2 aromatic rings. The molecule has 0 aromatic heterocycles. The van der Waals surface area contributed by atoms with Crippen LogP contribution in [0.1, 0.15) is 98.3 Å². The van der Waals surface area contributed by atoms with Gasteiger partial charge in [0.1, 0.15) is 55.1 Å². The minimum atomic E-state index is -1.93. The molecule has 7 N–H and O–H groups in total. The number of nitrogens with one attached hydrogen (secondary N) is 2. The zero-order valence-electron chi connectivity index (χ0n) is 46.9. The number of carbonyl (C=O) groups is 6. The van der Waals surface area contributed by atoms with E-state index in [0.29, 0.717) is 31.4 Å². The number of terminal acetylenes is 1. The van der Waals surface area contributed by atoms with Gasteiger partial charge in [0.25, 0.3) is 0 Å². The highest BCUT2D eigenvalue weighted by Gasteiger charge is 2.49. The maximum absolute atomic E-state index is 14.7. The summed E-state index contributed by atoms with van der Waals surface area (Å²) < 4.78 is 34.2. The molecule has 4 rings (SSSR count). The normalized spacial score (nSPS) is 22.8. The first-order chi connectivity index (χ1) is 36.8. The largest absolute Gasteiger partial charge is 0.480 e. The number of nitrogens with zero attached hydrogens (tertiary/aromatic N) is 3. The fourth-order valence-corrected chi connectivity index (χ4v) is 10.2. The monoisotopic (exact) mass is 1100 g/mol. The topological polar surface area (TPSA) is 293 Å². The van der Waals surface area contributed by atoms with Crippen LogP contribution in [0.5, 0.6) is 11.5 Å². The van der Waals surface area contributed by atoms with Gasteiger partial charge in [-0.25, -0.2) is 9.59 Å². The zero-order chi connectivity index (χ0) is 58.3. The van der Waals surface area contributed by atoms with Crippen LogP contribution in [0, 0.1) is 36.0 Å². The molecule has 78 heavy (non-hydrogen) atoms. The van der Waals surface area contributed by atoms with Crippen LogP contribution < -0.4 is 20.1 Å². The number of likely N-dealkylation sites (N-methyl/N-ethyl adjacent to an activating group) is 2. The van der Waals surface area contributed by atoms with Crippen molar-refractivity contribution in [3.8, 4) is 23.8 Å². The average Bonchev–Trinajstić information content (AvgIpc) is 3.90. The van der Waals surface area contributed by atoms with E-state index in [0.717, 1.165) is 4.90 Å². The van der Waals surface area contributed by atoms with Crippen molar-refractivity contribution in [3.05, 3.63) is 59.7 Å². The van der Waals surface area contributed by atoms with Gasteiger partial charge < -0.3 is 74.4 Å². The van der Waals surface area contributed by atoms with Gasteiger partial charge >= 0.3 is 12.1 Å². The van der Waals surface area contributed by atoms with Crippen molar-refractivity contribution in [2.75, 3.05) is 41.5 Å². The van der Waals surface area contributed by atoms with Gasteiger partial charge in [-0.1, -0.05) is 91.1 Å². The van der Waals surface area contributed by atoms with Crippen molar-refractivity contribution in [2.24, 2.45) is 23.7 Å². The number of ether oxygens (including phenoxy) is 6. The van der Waals surface area contributed by atoms with Gasteiger partial charge in [0.2, 0.25) is 29.9 Å². The molecule has 0 spiro atoms. The van der Waals surface area contributed by atoms with E-state index in [2.05, 4.69) is 16.6 Å². The molecule has 2 unspecified atom stereocenters. The Morgan fingerprint density at radius 3 is 2.12 bits per heavy atom. The van der Waals surface area contributed by atoms with Crippen LogP contribution in [-0.2, 0) is 49.5 Å². The number of likely N-dealkylation sites (tertiary alicyclic amines) is 1. The summed E-state index contributed by atoms with van der Waals surface area (Å²) in [4.78, 5) is 86.8. The van der Waals surface area contributed by atoms with E-state index in [1.165, 1.54) is 44.4 Å². The summed E-state index contributed by atoms with van der Waals surface area (Å²) in [6.07, 6.45) is -5.37. The van der Waals surface area contributed by atoms with Crippen molar-refractivity contribution < 1.29 is 82.7 Å². The third-order valence-corrected chi connectivity index (χ3v) is 14.8. The van der Waals surface area contributed by atoms with E-state index in [1.807, 2.05) is 32.0 Å². The van der Waals surface area contributed by atoms with Crippen LogP contribution in [0.4, 0.5) is 4.79 Å². The predicted octanol–water partition coefficient (Wildman–Crippen LogP) is 2.86. The van der Waals surface area contributed by atoms with Crippen LogP contribution in [-0.4, -0.2) is 191 Å². The van der Waals surface area contributed by atoms with Gasteiger partial charge in [0.05, 0.1) is 48.8 Å². The number of hydrogen-bond donors (Lipinski definition) is 7. The second-order valence-corrected chi connectivity index (χ2v) is 20.9. The molecule has 5 amide bonds. The van der Waals surface area contributed by atoms with E-state index >= 15 is 0 Å². The molecule has 434 valence electrons. The van der Waals surface area contributed by atoms with Crippen molar-refractivity contribution in [3.63, 3.8) is 0 Å². The molecule has 2 aliphatic heterocycles. The van der Waals surface area contributed by atoms with Gasteiger partial charge in [0, 0.05) is 46.5 Å². The number of carbonyl (C=O) groups excluding carboxylic acids is 5. The molecule has 0 aliphatic carbocycles. The van der Waals surface area contributed by atoms with Crippen LogP contribution in [0.3, 0.4) is 0 Å². The third-order valence-electron chi connectivity index (χ3n) is 14.8. The summed E-state index contributed by atoms with van der Waals surface area (Å²) in [7, 11) is 6.00. The van der Waals surface area contributed by atoms with Gasteiger partial charge in [0.15, 0.2) is 6.10 Å². The summed E-state index contributed by atoms with van der Waals surface area (Å²) in [6.45, 7) is 14.2. The van der Waals surface area contributed by atoms with Crippen LogP contribution in [0.15, 0.2) is 48.5 Å². The van der Waals surface area contributed by atoms with E-state index in [4.69, 9.17) is 34.8 Å². The minimum Gasteiger partial charge on any atom is -0.480 e. The van der Waals surface area contributed by atoms with E-state index in [1.54, 1.807) is 65.6 Å². The number of methoxy groups -OCH3 is 2. The molecular formula is C56H83N5O17. The first kappa shape index (κ1) is 64.5. The minimum absolute atomic E-state index is 0.0294. The molecule has 2 fully saturated rings. The lowest BCUT2D eigenvalue weighted by Crippen LogP contribution is -2.61. The molecule has 0 radical (unpaired) electrons. The Morgan fingerprint density at radius 2 is 1.54 bits per heavy atom. The Labute approximate surface area is 458 Å². The molecular weight excluding hydrogens is 1010 g/mol. The number of carboxylic acid groups (broad SMARTS) is 1. The lowest BCUT2D eigenvalue weighted by atomic mass is 9.89. The van der Waals surface area contributed by atoms with Crippen molar-refractivity contribution in [1.29, 1.82) is 0 Å². The summed E-state index contributed by atoms with van der Waals surface area (Å²) in [5, 5.41) is 56.9. The highest BCUT2D eigenvalue weighted by molar-refractivity contribution is 5.92. The van der Waals surface area contributed by atoms with E-state index < -0.39 is 127 Å². The Morgan fingerprint density at radius 1 is 0.872 bits per heavy atom. The van der Waals surface area contributed by atoms with Crippen molar-refractivity contribution in [1.82, 2.24) is 25.3 Å². The number of aliphatic hydroxyl groups is 4. The Bertz CT molecular complexity index is 2350. The fourth-order valence-electron chi connectivity index (χ4n) is 10.2. The molecule has 0 bridgehead atoms. The van der Waals surface area contributed by atoms with Crippen molar-refractivity contribution in [2.45, 2.75) is 167 Å². The van der Waals surface area contributed by atoms with Crippen molar-refractivity contribution >= 4 is 35.7 Å². The quantitative estimate of drug-likeness (QED) is 0.0633. The summed E-state index contributed by atoms with van der Waals surface area (Å²) in [5.41, 5.74) is 0.952. The smallest absolute Gasteiger partial charge is 0.410 e. The Kier molecular flexibility index (Phi) is 24.6. The highest BCUT2D eigenvalue weighted by atomic mass is 16.7. The molecule has 22 nitrogen and oxygen atoms in total. The first-order valence-corrected chi connectivity index (χ1v) is 26.5. The Balaban J connectivity index is 1.46. The summed E-state index contributed by atoms with van der Waals surface area (Å²) >= 11 is 0. The number of amides is 5. The SMILES string of the molecule is C#CCOc1cc(OC2O[C@H](C(=O)O)[C@@H](O)[C@H](O)[C@H]2O)ccc1COC(=O)N(C)[C@H](C(=O)N[C@H](C(=O)N(C)[C@@H](C(C)CC)[C@@H](CC(=O)N1CCC[C@H]1[C@H](OC)[C@@H](C)C(=O)N[C@H](C)[C@@H](O)c1ccccc1)OC)C(C)C)C(C)C. The number of aliphatic carboxylic acids is 1. The summed E-state index contributed by atoms with van der Waals surface area (Å²) in [5.74, 6) is -2.66. The Hall–Kier alpha value is -6.06. The molecule has 2 aliphatic rings. The molecule has 22 heteroatoms. The van der Waals surface area contributed by atoms with Crippen LogP contribution in [0.25, 0.3) is 0 Å². The van der Waals surface area contributed by atoms with Gasteiger partial charge in [-0.15, -0.1) is 6.42 Å². The number of carboxylic acids is 1. The van der Waals surface area contributed by atoms with Gasteiger partial charge in [-0.2, -0.15) is 0 Å². The van der Waals surface area contributed by atoms with E-state index in [-0.39, 0.29) is 47.8 Å². The average molecular weight is 1100 g/mol. The predicted molar refractivity (Wildman–Crippen MR) is 284 cm³/mol.